The molecule has 1 unspecified atom stereocenters. The monoisotopic (exact) mass is 186 g/mol. The summed E-state index contributed by atoms with van der Waals surface area (Å²) in [4.78, 5) is 0. The zero-order chi connectivity index (χ0) is 8.27. The van der Waals surface area contributed by atoms with E-state index in [1.807, 2.05) is 25.1 Å². The fourth-order valence-electron chi connectivity index (χ4n) is 0.864. The average Bonchev–Trinajstić information content (AvgIpc) is 1.93. The second-order valence-corrected chi connectivity index (χ2v) is 4.12. The van der Waals surface area contributed by atoms with E-state index in [2.05, 4.69) is 6.07 Å². The van der Waals surface area contributed by atoms with Gasteiger partial charge in [-0.15, -0.1) is 0 Å². The molecule has 1 nitrogen and oxygen atoms in total. The van der Waals surface area contributed by atoms with Crippen molar-refractivity contribution in [2.24, 2.45) is 0 Å². The third-order valence-electron chi connectivity index (χ3n) is 1.38. The fourth-order valence-corrected chi connectivity index (χ4v) is 1.44. The molecule has 1 atom stereocenters. The van der Waals surface area contributed by atoms with Crippen LogP contribution in [0.15, 0.2) is 24.3 Å². The van der Waals surface area contributed by atoms with Crippen molar-refractivity contribution in [3.63, 3.8) is 0 Å². The van der Waals surface area contributed by atoms with Crippen LogP contribution in [0.2, 0.25) is 0 Å². The van der Waals surface area contributed by atoms with Gasteiger partial charge >= 0.3 is 0 Å². The Morgan fingerprint density at radius 3 is 2.64 bits per heavy atom. The Bertz CT molecular complexity index is 237. The number of para-hydroxylation sites is 1. The third kappa shape index (κ3) is 2.56. The Balaban J connectivity index is 2.78. The Kier molecular flexibility index (Phi) is 2.97. The molecule has 0 heterocycles. The van der Waals surface area contributed by atoms with Gasteiger partial charge in [-0.3, -0.25) is 0 Å². The number of rotatable bonds is 2. The van der Waals surface area contributed by atoms with Gasteiger partial charge < -0.3 is 4.74 Å². The van der Waals surface area contributed by atoms with Crippen LogP contribution in [-0.2, 0) is 0 Å². The minimum atomic E-state index is -0.245. The standard InChI is InChI=1S/C8H11ClOSi/c1-6(9)10-7-4-2-3-5-8(7)11/h2-6H,1,11H3. The predicted octanol–water partition coefficient (Wildman–Crippen LogP) is 0.641. The van der Waals surface area contributed by atoms with E-state index in [4.69, 9.17) is 16.3 Å². The van der Waals surface area contributed by atoms with Crippen LogP contribution in [-0.4, -0.2) is 15.8 Å². The molecule has 0 bridgehead atoms. The first-order valence-corrected chi connectivity index (χ1v) is 5.00. The molecule has 0 radical (unpaired) electrons. The minimum absolute atomic E-state index is 0.245. The van der Waals surface area contributed by atoms with E-state index in [9.17, 15) is 0 Å². The lowest BCUT2D eigenvalue weighted by atomic mass is 10.3. The molecular weight excluding hydrogens is 176 g/mol. The highest BCUT2D eigenvalue weighted by atomic mass is 35.5. The van der Waals surface area contributed by atoms with Gasteiger partial charge in [0.15, 0.2) is 5.56 Å². The topological polar surface area (TPSA) is 9.23 Å². The van der Waals surface area contributed by atoms with Gasteiger partial charge in [-0.25, -0.2) is 0 Å². The van der Waals surface area contributed by atoms with Crippen LogP contribution in [0.25, 0.3) is 0 Å². The number of ether oxygens (including phenoxy) is 1. The summed E-state index contributed by atoms with van der Waals surface area (Å²) in [5, 5.41) is 1.25. The summed E-state index contributed by atoms with van der Waals surface area (Å²) >= 11 is 5.68. The van der Waals surface area contributed by atoms with Gasteiger partial charge in [0.2, 0.25) is 0 Å². The highest BCUT2D eigenvalue weighted by Crippen LogP contribution is 2.08. The van der Waals surface area contributed by atoms with E-state index in [1.54, 1.807) is 0 Å². The molecule has 1 rings (SSSR count). The summed E-state index contributed by atoms with van der Waals surface area (Å²) in [7, 11) is 0.997. The molecule has 1 aromatic rings. The van der Waals surface area contributed by atoms with Crippen molar-refractivity contribution in [1.29, 1.82) is 0 Å². The number of halogens is 1. The molecule has 0 saturated heterocycles. The molecule has 0 aliphatic heterocycles. The molecule has 0 aliphatic rings. The van der Waals surface area contributed by atoms with E-state index >= 15 is 0 Å². The van der Waals surface area contributed by atoms with Gasteiger partial charge in [0, 0.05) is 10.2 Å². The molecule has 60 valence electrons. The SMILES string of the molecule is CC(Cl)Oc1ccccc1[SiH3]. The van der Waals surface area contributed by atoms with Crippen molar-refractivity contribution in [2.45, 2.75) is 12.5 Å². The zero-order valence-corrected chi connectivity index (χ0v) is 9.43. The van der Waals surface area contributed by atoms with Crippen LogP contribution in [0.4, 0.5) is 0 Å². The van der Waals surface area contributed by atoms with Crippen LogP contribution in [0.3, 0.4) is 0 Å². The lowest BCUT2D eigenvalue weighted by Crippen LogP contribution is -2.12. The van der Waals surface area contributed by atoms with E-state index in [0.29, 0.717) is 0 Å². The van der Waals surface area contributed by atoms with Gasteiger partial charge in [0.25, 0.3) is 0 Å². The zero-order valence-electron chi connectivity index (χ0n) is 6.67. The first-order chi connectivity index (χ1) is 5.20. The molecule has 0 fully saturated rings. The van der Waals surface area contributed by atoms with Gasteiger partial charge in [-0.05, 0) is 18.2 Å². The van der Waals surface area contributed by atoms with Gasteiger partial charge in [0.1, 0.15) is 5.75 Å². The molecule has 0 aromatic heterocycles. The number of benzene rings is 1. The van der Waals surface area contributed by atoms with Gasteiger partial charge in [-0.2, -0.15) is 0 Å². The summed E-state index contributed by atoms with van der Waals surface area (Å²) in [5.41, 5.74) is -0.245. The smallest absolute Gasteiger partial charge is 0.169 e. The van der Waals surface area contributed by atoms with Crippen molar-refractivity contribution in [1.82, 2.24) is 0 Å². The maximum Gasteiger partial charge on any atom is 0.169 e. The first kappa shape index (κ1) is 8.62. The van der Waals surface area contributed by atoms with Crippen LogP contribution in [0.1, 0.15) is 6.92 Å². The van der Waals surface area contributed by atoms with E-state index in [0.717, 1.165) is 16.0 Å². The summed E-state index contributed by atoms with van der Waals surface area (Å²) < 4.78 is 5.35. The van der Waals surface area contributed by atoms with Gasteiger partial charge in [0.05, 0.1) is 0 Å². The molecule has 0 N–H and O–H groups in total. The highest BCUT2D eigenvalue weighted by Gasteiger charge is 1.99. The lowest BCUT2D eigenvalue weighted by Gasteiger charge is -2.09. The second-order valence-electron chi connectivity index (χ2n) is 2.43. The second kappa shape index (κ2) is 3.79. The molecule has 0 aliphatic carbocycles. The number of hydrogen-bond acceptors (Lipinski definition) is 1. The Morgan fingerprint density at radius 1 is 1.45 bits per heavy atom. The highest BCUT2D eigenvalue weighted by molar-refractivity contribution is 6.34. The quantitative estimate of drug-likeness (QED) is 0.487. The van der Waals surface area contributed by atoms with Crippen LogP contribution >= 0.6 is 11.6 Å². The maximum absolute atomic E-state index is 5.68. The summed E-state index contributed by atoms with van der Waals surface area (Å²) in [6.45, 7) is 1.82. The van der Waals surface area contributed by atoms with Crippen LogP contribution in [0, 0.1) is 0 Å². The van der Waals surface area contributed by atoms with Crippen molar-refractivity contribution in [3.05, 3.63) is 24.3 Å². The van der Waals surface area contributed by atoms with Crippen LogP contribution in [0.5, 0.6) is 5.75 Å². The van der Waals surface area contributed by atoms with Crippen LogP contribution < -0.4 is 9.92 Å². The summed E-state index contributed by atoms with van der Waals surface area (Å²) in [5.74, 6) is 0.918. The van der Waals surface area contributed by atoms with Crippen molar-refractivity contribution >= 4 is 27.0 Å². The van der Waals surface area contributed by atoms with E-state index in [-0.39, 0.29) is 5.56 Å². The Labute approximate surface area is 74.7 Å². The van der Waals surface area contributed by atoms with E-state index in [1.165, 1.54) is 5.19 Å². The largest absolute Gasteiger partial charge is 0.475 e. The fraction of sp³-hybridized carbons (Fsp3) is 0.250. The van der Waals surface area contributed by atoms with Crippen molar-refractivity contribution < 1.29 is 4.74 Å². The lowest BCUT2D eigenvalue weighted by molar-refractivity contribution is 0.304. The average molecular weight is 187 g/mol. The molecular formula is C8H11ClOSi. The molecule has 3 heteroatoms. The Hall–Kier alpha value is -0.473. The third-order valence-corrected chi connectivity index (χ3v) is 2.30. The summed E-state index contributed by atoms with van der Waals surface area (Å²) in [6, 6.07) is 7.96. The number of alkyl halides is 1. The maximum atomic E-state index is 5.68. The summed E-state index contributed by atoms with van der Waals surface area (Å²) in [6.07, 6.45) is 0. The number of hydrogen-bond donors (Lipinski definition) is 0. The Morgan fingerprint density at radius 2 is 2.09 bits per heavy atom. The van der Waals surface area contributed by atoms with Crippen molar-refractivity contribution in [3.8, 4) is 5.75 Å². The molecule has 0 spiro atoms. The normalized spacial score (nSPS) is 12.9. The molecule has 1 aromatic carbocycles. The molecule has 11 heavy (non-hydrogen) atoms. The minimum Gasteiger partial charge on any atom is -0.475 e. The molecule has 0 amide bonds. The first-order valence-electron chi connectivity index (χ1n) is 3.56. The van der Waals surface area contributed by atoms with Crippen molar-refractivity contribution in [2.75, 3.05) is 0 Å². The van der Waals surface area contributed by atoms with E-state index < -0.39 is 0 Å². The molecule has 0 saturated carbocycles. The predicted molar refractivity (Wildman–Crippen MR) is 52.0 cm³/mol. The van der Waals surface area contributed by atoms with Gasteiger partial charge in [-0.1, -0.05) is 29.8 Å².